The fourth-order valence-corrected chi connectivity index (χ4v) is 4.26. The van der Waals surface area contributed by atoms with Gasteiger partial charge in [0, 0.05) is 10.6 Å². The van der Waals surface area contributed by atoms with Gasteiger partial charge in [-0.05, 0) is 35.2 Å². The normalized spacial score (nSPS) is 11.9. The number of benzene rings is 2. The summed E-state index contributed by atoms with van der Waals surface area (Å²) in [5, 5.41) is 6.71. The van der Waals surface area contributed by atoms with Crippen LogP contribution in [0.5, 0.6) is 0 Å². The summed E-state index contributed by atoms with van der Waals surface area (Å²) in [6, 6.07) is 20.6. The van der Waals surface area contributed by atoms with Crippen LogP contribution in [0.25, 0.3) is 38.6 Å². The minimum atomic E-state index is -4.61. The van der Waals surface area contributed by atoms with Gasteiger partial charge in [-0.15, -0.1) is 11.3 Å². The first-order valence-corrected chi connectivity index (χ1v) is 10.5. The lowest BCUT2D eigenvalue weighted by atomic mass is 10.0. The van der Waals surface area contributed by atoms with Crippen LogP contribution in [-0.2, 0) is 6.18 Å². The molecule has 0 saturated heterocycles. The second kappa shape index (κ2) is 7.51. The number of nitrogens with zero attached hydrogens (tertiary/aromatic N) is 3. The van der Waals surface area contributed by atoms with E-state index in [9.17, 15) is 13.2 Å². The van der Waals surface area contributed by atoms with Crippen LogP contribution >= 0.6 is 22.9 Å². The monoisotopic (exact) mass is 455 g/mol. The molecule has 5 aromatic rings. The number of hydrogen-bond acceptors (Lipinski definition) is 3. The molecule has 0 spiro atoms. The van der Waals surface area contributed by atoms with Crippen molar-refractivity contribution < 1.29 is 13.2 Å². The quantitative estimate of drug-likeness (QED) is 0.282. The molecule has 154 valence electrons. The van der Waals surface area contributed by atoms with E-state index in [1.165, 1.54) is 11.3 Å². The fraction of sp³-hybridized carbons (Fsp3) is 0.0435. The highest BCUT2D eigenvalue weighted by molar-refractivity contribution is 7.13. The summed E-state index contributed by atoms with van der Waals surface area (Å²) in [6.07, 6.45) is -4.61. The molecular formula is C23H13ClF3N3S. The standard InChI is InChI=1S/C23H13ClF3N3S/c24-16-10-8-14(9-11-16)20-21(15-5-2-1-3-6-15)29-30-19(23(25,26)27)13-17(28-22(20)30)18-7-4-12-31-18/h1-13H. The molecule has 0 bridgehead atoms. The highest BCUT2D eigenvalue weighted by atomic mass is 35.5. The van der Waals surface area contributed by atoms with Crippen molar-refractivity contribution in [3.05, 3.63) is 88.9 Å². The smallest absolute Gasteiger partial charge is 0.227 e. The van der Waals surface area contributed by atoms with Crippen molar-refractivity contribution >= 4 is 28.6 Å². The van der Waals surface area contributed by atoms with E-state index in [4.69, 9.17) is 11.6 Å². The van der Waals surface area contributed by atoms with Gasteiger partial charge in [0.05, 0.1) is 16.1 Å². The van der Waals surface area contributed by atoms with Gasteiger partial charge in [-0.25, -0.2) is 9.50 Å². The van der Waals surface area contributed by atoms with E-state index in [0.717, 1.165) is 10.6 Å². The molecular weight excluding hydrogens is 443 g/mol. The summed E-state index contributed by atoms with van der Waals surface area (Å²) in [7, 11) is 0. The SMILES string of the molecule is FC(F)(F)c1cc(-c2cccs2)nc2c(-c3ccc(Cl)cc3)c(-c3ccccc3)nn12. The number of hydrogen-bond donors (Lipinski definition) is 0. The number of aromatic nitrogens is 3. The van der Waals surface area contributed by atoms with E-state index in [-0.39, 0.29) is 11.3 Å². The summed E-state index contributed by atoms with van der Waals surface area (Å²) < 4.78 is 43.0. The Balaban J connectivity index is 1.91. The number of thiophene rings is 1. The molecule has 0 radical (unpaired) electrons. The highest BCUT2D eigenvalue weighted by Gasteiger charge is 2.36. The minimum Gasteiger partial charge on any atom is -0.227 e. The van der Waals surface area contributed by atoms with Crippen molar-refractivity contribution in [2.24, 2.45) is 0 Å². The Morgan fingerprint density at radius 3 is 2.26 bits per heavy atom. The second-order valence-electron chi connectivity index (χ2n) is 6.83. The Morgan fingerprint density at radius 2 is 1.61 bits per heavy atom. The van der Waals surface area contributed by atoms with Crippen LogP contribution in [0.1, 0.15) is 5.69 Å². The van der Waals surface area contributed by atoms with Crippen LogP contribution in [0.2, 0.25) is 5.02 Å². The predicted molar refractivity (Wildman–Crippen MR) is 117 cm³/mol. The van der Waals surface area contributed by atoms with Crippen LogP contribution in [-0.4, -0.2) is 14.6 Å². The van der Waals surface area contributed by atoms with Gasteiger partial charge in [0.1, 0.15) is 5.69 Å². The molecule has 0 aliphatic carbocycles. The van der Waals surface area contributed by atoms with Gasteiger partial charge in [-0.2, -0.15) is 18.3 Å². The van der Waals surface area contributed by atoms with Gasteiger partial charge < -0.3 is 0 Å². The van der Waals surface area contributed by atoms with E-state index in [0.29, 0.717) is 32.3 Å². The van der Waals surface area contributed by atoms with E-state index >= 15 is 0 Å². The first-order valence-electron chi connectivity index (χ1n) is 9.28. The molecule has 0 atom stereocenters. The number of rotatable bonds is 3. The third-order valence-corrected chi connectivity index (χ3v) is 5.98. The summed E-state index contributed by atoms with van der Waals surface area (Å²) in [4.78, 5) is 5.27. The van der Waals surface area contributed by atoms with Crippen molar-refractivity contribution in [2.45, 2.75) is 6.18 Å². The Hall–Kier alpha value is -3.16. The third-order valence-electron chi connectivity index (χ3n) is 4.83. The minimum absolute atomic E-state index is 0.138. The Bertz CT molecular complexity index is 1360. The summed E-state index contributed by atoms with van der Waals surface area (Å²) >= 11 is 7.38. The van der Waals surface area contributed by atoms with Crippen molar-refractivity contribution in [2.75, 3.05) is 0 Å². The second-order valence-corrected chi connectivity index (χ2v) is 8.22. The van der Waals surface area contributed by atoms with Crippen molar-refractivity contribution in [1.82, 2.24) is 14.6 Å². The Kier molecular flexibility index (Phi) is 4.79. The fourth-order valence-electron chi connectivity index (χ4n) is 3.45. The van der Waals surface area contributed by atoms with E-state index in [1.54, 1.807) is 41.8 Å². The lowest BCUT2D eigenvalue weighted by Crippen LogP contribution is -2.13. The van der Waals surface area contributed by atoms with Crippen LogP contribution in [0, 0.1) is 0 Å². The maximum absolute atomic E-state index is 14.0. The molecule has 3 nitrogen and oxygen atoms in total. The summed E-state index contributed by atoms with van der Waals surface area (Å²) in [5.74, 6) is 0. The van der Waals surface area contributed by atoms with Gasteiger partial charge in [0.2, 0.25) is 0 Å². The largest absolute Gasteiger partial charge is 0.433 e. The lowest BCUT2D eigenvalue weighted by molar-refractivity contribution is -0.142. The van der Waals surface area contributed by atoms with Crippen molar-refractivity contribution in [1.29, 1.82) is 0 Å². The molecule has 2 aromatic carbocycles. The lowest BCUT2D eigenvalue weighted by Gasteiger charge is -2.11. The van der Waals surface area contributed by atoms with E-state index < -0.39 is 11.9 Å². The first kappa shape index (κ1) is 19.8. The van der Waals surface area contributed by atoms with E-state index in [2.05, 4.69) is 10.1 Å². The molecule has 0 amide bonds. The van der Waals surface area contributed by atoms with Crippen LogP contribution < -0.4 is 0 Å². The Morgan fingerprint density at radius 1 is 0.871 bits per heavy atom. The average molecular weight is 456 g/mol. The molecule has 0 aliphatic rings. The zero-order chi connectivity index (χ0) is 21.6. The average Bonchev–Trinajstić information content (AvgIpc) is 3.42. The zero-order valence-electron chi connectivity index (χ0n) is 15.8. The highest BCUT2D eigenvalue weighted by Crippen LogP contribution is 2.40. The first-order chi connectivity index (χ1) is 14.9. The van der Waals surface area contributed by atoms with E-state index in [1.807, 2.05) is 30.3 Å². The molecule has 0 N–H and O–H groups in total. The maximum atomic E-state index is 14.0. The Labute approximate surface area is 184 Å². The van der Waals surface area contributed by atoms with Gasteiger partial charge in [0.15, 0.2) is 11.3 Å². The van der Waals surface area contributed by atoms with Gasteiger partial charge in [-0.1, -0.05) is 60.1 Å². The third kappa shape index (κ3) is 3.60. The molecule has 3 aromatic heterocycles. The maximum Gasteiger partial charge on any atom is 0.433 e. The van der Waals surface area contributed by atoms with Gasteiger partial charge >= 0.3 is 6.18 Å². The molecule has 0 unspecified atom stereocenters. The van der Waals surface area contributed by atoms with Crippen LogP contribution in [0.4, 0.5) is 13.2 Å². The number of halogens is 4. The predicted octanol–water partition coefficient (Wildman–Crippen LogP) is 7.46. The van der Waals surface area contributed by atoms with Crippen molar-refractivity contribution in [3.8, 4) is 33.0 Å². The summed E-state index contributed by atoms with van der Waals surface area (Å²) in [6.45, 7) is 0. The molecule has 0 aliphatic heterocycles. The topological polar surface area (TPSA) is 30.2 Å². The van der Waals surface area contributed by atoms with Crippen LogP contribution in [0.3, 0.4) is 0 Å². The number of alkyl halides is 3. The molecule has 0 fully saturated rings. The molecule has 3 heterocycles. The van der Waals surface area contributed by atoms with Crippen molar-refractivity contribution in [3.63, 3.8) is 0 Å². The molecule has 31 heavy (non-hydrogen) atoms. The van der Waals surface area contributed by atoms with Gasteiger partial charge in [0.25, 0.3) is 0 Å². The molecule has 5 rings (SSSR count). The summed E-state index contributed by atoms with van der Waals surface area (Å²) in [5.41, 5.74) is 1.84. The van der Waals surface area contributed by atoms with Crippen LogP contribution in [0.15, 0.2) is 78.2 Å². The zero-order valence-corrected chi connectivity index (χ0v) is 17.3. The number of fused-ring (bicyclic) bond motifs is 1. The van der Waals surface area contributed by atoms with Gasteiger partial charge in [-0.3, -0.25) is 0 Å². The molecule has 8 heteroatoms. The molecule has 0 saturated carbocycles.